The van der Waals surface area contributed by atoms with E-state index in [2.05, 4.69) is 18.3 Å². The van der Waals surface area contributed by atoms with Crippen molar-refractivity contribution in [1.82, 2.24) is 0 Å². The molecule has 1 heterocycles. The SMILES string of the molecule is CCC(C)[C@H](N)C(=O)Nc1sc2c(c1C#N)CCC(C)C2. The van der Waals surface area contributed by atoms with Gasteiger partial charge in [-0.2, -0.15) is 5.26 Å². The van der Waals surface area contributed by atoms with Crippen LogP contribution in [0.2, 0.25) is 0 Å². The first-order valence-electron chi connectivity index (χ1n) is 7.58. The Morgan fingerprint density at radius 3 is 2.95 bits per heavy atom. The van der Waals surface area contributed by atoms with Gasteiger partial charge in [-0.15, -0.1) is 11.3 Å². The van der Waals surface area contributed by atoms with E-state index in [1.807, 2.05) is 13.8 Å². The third kappa shape index (κ3) is 3.28. The molecule has 0 spiro atoms. The molecule has 1 aliphatic carbocycles. The lowest BCUT2D eigenvalue weighted by atomic mass is 9.88. The van der Waals surface area contributed by atoms with Crippen molar-refractivity contribution < 1.29 is 4.79 Å². The van der Waals surface area contributed by atoms with Gasteiger partial charge in [0.2, 0.25) is 5.91 Å². The maximum Gasteiger partial charge on any atom is 0.242 e. The zero-order chi connectivity index (χ0) is 15.6. The molecule has 0 saturated heterocycles. The van der Waals surface area contributed by atoms with E-state index in [0.29, 0.717) is 16.5 Å². The molecule has 2 rings (SSSR count). The fourth-order valence-electron chi connectivity index (χ4n) is 2.66. The summed E-state index contributed by atoms with van der Waals surface area (Å²) in [6, 6.07) is 1.73. The van der Waals surface area contributed by atoms with Gasteiger partial charge in [-0.1, -0.05) is 27.2 Å². The number of hydrogen-bond acceptors (Lipinski definition) is 4. The molecular formula is C16H23N3OS. The van der Waals surface area contributed by atoms with Crippen LogP contribution in [0.1, 0.15) is 49.6 Å². The summed E-state index contributed by atoms with van der Waals surface area (Å²) in [7, 11) is 0. The monoisotopic (exact) mass is 305 g/mol. The minimum atomic E-state index is -0.528. The van der Waals surface area contributed by atoms with E-state index in [0.717, 1.165) is 31.2 Å². The van der Waals surface area contributed by atoms with Crippen molar-refractivity contribution in [3.8, 4) is 6.07 Å². The molecule has 2 unspecified atom stereocenters. The van der Waals surface area contributed by atoms with Gasteiger partial charge >= 0.3 is 0 Å². The summed E-state index contributed by atoms with van der Waals surface area (Å²) < 4.78 is 0. The molecule has 1 aliphatic rings. The number of nitrogens with two attached hydrogens (primary N) is 1. The molecule has 0 saturated carbocycles. The van der Waals surface area contributed by atoms with Gasteiger partial charge in [0.05, 0.1) is 11.6 Å². The van der Waals surface area contributed by atoms with Crippen LogP contribution in [0.4, 0.5) is 5.00 Å². The van der Waals surface area contributed by atoms with Crippen molar-refractivity contribution in [2.75, 3.05) is 5.32 Å². The van der Waals surface area contributed by atoms with Crippen molar-refractivity contribution >= 4 is 22.2 Å². The quantitative estimate of drug-likeness (QED) is 0.897. The van der Waals surface area contributed by atoms with E-state index in [4.69, 9.17) is 5.73 Å². The van der Waals surface area contributed by atoms with E-state index >= 15 is 0 Å². The van der Waals surface area contributed by atoms with Crippen LogP contribution >= 0.6 is 11.3 Å². The van der Waals surface area contributed by atoms with E-state index in [9.17, 15) is 10.1 Å². The summed E-state index contributed by atoms with van der Waals surface area (Å²) in [5, 5.41) is 13.0. The number of thiophene rings is 1. The van der Waals surface area contributed by atoms with E-state index in [-0.39, 0.29) is 11.8 Å². The first-order chi connectivity index (χ1) is 9.97. The molecule has 3 N–H and O–H groups in total. The van der Waals surface area contributed by atoms with Crippen molar-refractivity contribution in [1.29, 1.82) is 5.26 Å². The molecular weight excluding hydrogens is 282 g/mol. The summed E-state index contributed by atoms with van der Waals surface area (Å²) >= 11 is 1.55. The molecule has 5 heteroatoms. The van der Waals surface area contributed by atoms with E-state index in [1.165, 1.54) is 4.88 Å². The molecule has 21 heavy (non-hydrogen) atoms. The Balaban J connectivity index is 2.21. The summed E-state index contributed by atoms with van der Waals surface area (Å²) in [6.07, 6.45) is 3.90. The summed E-state index contributed by atoms with van der Waals surface area (Å²) in [5.74, 6) is 0.589. The van der Waals surface area contributed by atoms with Crippen molar-refractivity contribution in [2.24, 2.45) is 17.6 Å². The molecule has 1 aromatic heterocycles. The molecule has 3 atom stereocenters. The van der Waals surface area contributed by atoms with Gasteiger partial charge in [-0.3, -0.25) is 4.79 Å². The lowest BCUT2D eigenvalue weighted by Crippen LogP contribution is -2.40. The minimum Gasteiger partial charge on any atom is -0.320 e. The fourth-order valence-corrected chi connectivity index (χ4v) is 4.03. The normalized spacial score (nSPS) is 20.2. The zero-order valence-corrected chi connectivity index (χ0v) is 13.7. The number of amides is 1. The Bertz CT molecular complexity index is 573. The Morgan fingerprint density at radius 2 is 2.33 bits per heavy atom. The van der Waals surface area contributed by atoms with Crippen molar-refractivity contribution in [2.45, 2.75) is 52.5 Å². The Hall–Kier alpha value is -1.38. The summed E-state index contributed by atoms with van der Waals surface area (Å²) in [6.45, 7) is 6.21. The van der Waals surface area contributed by atoms with Crippen LogP contribution in [-0.4, -0.2) is 11.9 Å². The van der Waals surface area contributed by atoms with Gasteiger partial charge in [-0.05, 0) is 36.7 Å². The number of nitriles is 1. The largest absolute Gasteiger partial charge is 0.320 e. The first-order valence-corrected chi connectivity index (χ1v) is 8.40. The first kappa shape index (κ1) is 16.0. The third-order valence-electron chi connectivity index (χ3n) is 4.42. The number of carbonyl (C=O) groups excluding carboxylic acids is 1. The second-order valence-electron chi connectivity index (χ2n) is 6.07. The number of hydrogen-bond donors (Lipinski definition) is 2. The van der Waals surface area contributed by atoms with Crippen LogP contribution in [0, 0.1) is 23.2 Å². The van der Waals surface area contributed by atoms with Crippen LogP contribution in [0.15, 0.2) is 0 Å². The van der Waals surface area contributed by atoms with Crippen LogP contribution in [0.3, 0.4) is 0 Å². The molecule has 0 aromatic carbocycles. The Kier molecular flexibility index (Phi) is 5.02. The highest BCUT2D eigenvalue weighted by Gasteiger charge is 2.26. The topological polar surface area (TPSA) is 78.9 Å². The fraction of sp³-hybridized carbons (Fsp3) is 0.625. The van der Waals surface area contributed by atoms with Gasteiger partial charge in [0.1, 0.15) is 11.1 Å². The lowest BCUT2D eigenvalue weighted by Gasteiger charge is -2.17. The number of anilines is 1. The van der Waals surface area contributed by atoms with Gasteiger partial charge < -0.3 is 11.1 Å². The molecule has 114 valence electrons. The molecule has 4 nitrogen and oxygen atoms in total. The van der Waals surface area contributed by atoms with Gasteiger partial charge in [0.25, 0.3) is 0 Å². The van der Waals surface area contributed by atoms with Crippen molar-refractivity contribution in [3.05, 3.63) is 16.0 Å². The highest BCUT2D eigenvalue weighted by molar-refractivity contribution is 7.16. The highest BCUT2D eigenvalue weighted by atomic mass is 32.1. The van der Waals surface area contributed by atoms with Crippen LogP contribution in [0.5, 0.6) is 0 Å². The third-order valence-corrected chi connectivity index (χ3v) is 5.59. The smallest absolute Gasteiger partial charge is 0.242 e. The number of nitrogens with one attached hydrogen (secondary N) is 1. The second kappa shape index (κ2) is 6.59. The van der Waals surface area contributed by atoms with Crippen LogP contribution in [-0.2, 0) is 17.6 Å². The van der Waals surface area contributed by atoms with Crippen LogP contribution < -0.4 is 11.1 Å². The van der Waals surface area contributed by atoms with Gasteiger partial charge in [-0.25, -0.2) is 0 Å². The molecule has 0 fully saturated rings. The molecule has 0 radical (unpaired) electrons. The number of rotatable bonds is 4. The Morgan fingerprint density at radius 1 is 1.62 bits per heavy atom. The van der Waals surface area contributed by atoms with Gasteiger partial charge in [0.15, 0.2) is 0 Å². The maximum absolute atomic E-state index is 12.2. The van der Waals surface area contributed by atoms with E-state index < -0.39 is 6.04 Å². The minimum absolute atomic E-state index is 0.130. The molecule has 1 aromatic rings. The number of fused-ring (bicyclic) bond motifs is 1. The molecule has 0 aliphatic heterocycles. The number of nitrogens with zero attached hydrogens (tertiary/aromatic N) is 1. The number of carbonyl (C=O) groups is 1. The molecule has 0 bridgehead atoms. The van der Waals surface area contributed by atoms with E-state index in [1.54, 1.807) is 11.3 Å². The van der Waals surface area contributed by atoms with Gasteiger partial charge in [0, 0.05) is 4.88 Å². The highest BCUT2D eigenvalue weighted by Crippen LogP contribution is 2.39. The summed E-state index contributed by atoms with van der Waals surface area (Å²) in [4.78, 5) is 13.5. The Labute approximate surface area is 130 Å². The predicted molar refractivity (Wildman–Crippen MR) is 86.3 cm³/mol. The predicted octanol–water partition coefficient (Wildman–Crippen LogP) is 3.06. The average Bonchev–Trinajstić information content (AvgIpc) is 2.81. The van der Waals surface area contributed by atoms with Crippen LogP contribution in [0.25, 0.3) is 0 Å². The average molecular weight is 305 g/mol. The lowest BCUT2D eigenvalue weighted by molar-refractivity contribution is -0.118. The zero-order valence-electron chi connectivity index (χ0n) is 12.9. The standard InChI is InChI=1S/C16H23N3OS/c1-4-10(3)14(18)15(20)19-16-12(8-17)11-6-5-9(2)7-13(11)21-16/h9-10,14H,4-7,18H2,1-3H3,(H,19,20)/t9?,10?,14-/m0/s1. The molecule has 1 amide bonds. The van der Waals surface area contributed by atoms with Crippen molar-refractivity contribution in [3.63, 3.8) is 0 Å². The summed E-state index contributed by atoms with van der Waals surface area (Å²) in [5.41, 5.74) is 7.74. The maximum atomic E-state index is 12.2. The second-order valence-corrected chi connectivity index (χ2v) is 7.17.